The molecule has 5 nitrogen and oxygen atoms in total. The van der Waals surface area contributed by atoms with E-state index in [4.69, 9.17) is 9.47 Å². The molecule has 0 aromatic carbocycles. The van der Waals surface area contributed by atoms with Gasteiger partial charge in [0.25, 0.3) is 0 Å². The van der Waals surface area contributed by atoms with Crippen LogP contribution in [0.2, 0.25) is 0 Å². The summed E-state index contributed by atoms with van der Waals surface area (Å²) in [5, 5.41) is 13.1. The molecule has 1 heterocycles. The fourth-order valence-corrected chi connectivity index (χ4v) is 2.94. The molecule has 2 N–H and O–H groups in total. The lowest BCUT2D eigenvalue weighted by Gasteiger charge is -2.43. The topological polar surface area (TPSA) is 67.8 Å². The van der Waals surface area contributed by atoms with E-state index in [0.29, 0.717) is 26.0 Å². The Morgan fingerprint density at radius 2 is 2.26 bits per heavy atom. The molecule has 0 aromatic heterocycles. The molecule has 2 rings (SSSR count). The van der Waals surface area contributed by atoms with Crippen molar-refractivity contribution in [3.05, 3.63) is 0 Å². The summed E-state index contributed by atoms with van der Waals surface area (Å²) in [6.07, 6.45) is 3.13. The van der Waals surface area contributed by atoms with Crippen molar-refractivity contribution < 1.29 is 19.4 Å². The molecule has 5 heteroatoms. The minimum atomic E-state index is -0.783. The summed E-state index contributed by atoms with van der Waals surface area (Å²) in [4.78, 5) is 12.1. The molecule has 0 aromatic rings. The van der Waals surface area contributed by atoms with Crippen LogP contribution in [-0.4, -0.2) is 48.6 Å². The van der Waals surface area contributed by atoms with E-state index in [1.165, 1.54) is 0 Å². The van der Waals surface area contributed by atoms with Gasteiger partial charge in [-0.2, -0.15) is 0 Å². The summed E-state index contributed by atoms with van der Waals surface area (Å²) in [7, 11) is 0. The van der Waals surface area contributed by atoms with E-state index >= 15 is 0 Å². The molecule has 19 heavy (non-hydrogen) atoms. The van der Waals surface area contributed by atoms with Crippen molar-refractivity contribution in [2.24, 2.45) is 5.92 Å². The van der Waals surface area contributed by atoms with E-state index in [0.717, 1.165) is 19.4 Å². The van der Waals surface area contributed by atoms with Gasteiger partial charge in [0.2, 0.25) is 5.91 Å². The number of carbonyl (C=O) groups excluding carboxylic acids is 1. The Hall–Kier alpha value is -0.650. The van der Waals surface area contributed by atoms with Gasteiger partial charge >= 0.3 is 0 Å². The number of amides is 1. The molecule has 0 unspecified atom stereocenters. The van der Waals surface area contributed by atoms with Crippen LogP contribution in [0.25, 0.3) is 0 Å². The SMILES string of the molecule is CCOC1CC(O)(CNC(=O)[C@H]2CCCO[C@@H]2C)C1. The number of rotatable bonds is 5. The fourth-order valence-electron chi connectivity index (χ4n) is 2.94. The standard InChI is InChI=1S/C14H25NO4/c1-3-18-11-7-14(17,8-11)9-15-13(16)12-5-4-6-19-10(12)2/h10-12,17H,3-9H2,1-2H3,(H,15,16)/t10-,11?,12+,14?/m1/s1. The predicted octanol–water partition coefficient (Wildman–Crippen LogP) is 0.848. The summed E-state index contributed by atoms with van der Waals surface area (Å²) in [6.45, 7) is 5.61. The molecule has 0 spiro atoms. The Kier molecular flexibility index (Phi) is 4.81. The van der Waals surface area contributed by atoms with Gasteiger partial charge < -0.3 is 19.9 Å². The Bertz CT molecular complexity index is 315. The van der Waals surface area contributed by atoms with Gasteiger partial charge in [-0.15, -0.1) is 0 Å². The Morgan fingerprint density at radius 1 is 1.53 bits per heavy atom. The summed E-state index contributed by atoms with van der Waals surface area (Å²) < 4.78 is 10.9. The van der Waals surface area contributed by atoms with E-state index in [1.54, 1.807) is 0 Å². The normalized spacial score (nSPS) is 38.6. The van der Waals surface area contributed by atoms with Crippen molar-refractivity contribution in [2.45, 2.75) is 57.3 Å². The molecule has 110 valence electrons. The van der Waals surface area contributed by atoms with Crippen molar-refractivity contribution >= 4 is 5.91 Å². The van der Waals surface area contributed by atoms with Gasteiger partial charge in [-0.25, -0.2) is 0 Å². The van der Waals surface area contributed by atoms with Crippen LogP contribution in [-0.2, 0) is 14.3 Å². The maximum atomic E-state index is 12.1. The maximum Gasteiger partial charge on any atom is 0.225 e. The van der Waals surface area contributed by atoms with Gasteiger partial charge in [-0.3, -0.25) is 4.79 Å². The highest BCUT2D eigenvalue weighted by Gasteiger charge is 2.43. The Morgan fingerprint density at radius 3 is 2.89 bits per heavy atom. The zero-order chi connectivity index (χ0) is 13.9. The first-order chi connectivity index (χ1) is 9.04. The zero-order valence-electron chi connectivity index (χ0n) is 11.9. The van der Waals surface area contributed by atoms with Crippen molar-refractivity contribution in [1.29, 1.82) is 0 Å². The Labute approximate surface area is 114 Å². The Balaban J connectivity index is 1.72. The quantitative estimate of drug-likeness (QED) is 0.778. The van der Waals surface area contributed by atoms with Crippen molar-refractivity contribution in [1.82, 2.24) is 5.32 Å². The molecule has 0 radical (unpaired) electrons. The fraction of sp³-hybridized carbons (Fsp3) is 0.929. The van der Waals surface area contributed by atoms with Crippen LogP contribution in [0.4, 0.5) is 0 Å². The van der Waals surface area contributed by atoms with E-state index < -0.39 is 5.60 Å². The molecule has 1 amide bonds. The van der Waals surface area contributed by atoms with E-state index in [2.05, 4.69) is 5.32 Å². The maximum absolute atomic E-state index is 12.1. The lowest BCUT2D eigenvalue weighted by Crippen LogP contribution is -2.56. The van der Waals surface area contributed by atoms with Crippen LogP contribution in [0.15, 0.2) is 0 Å². The van der Waals surface area contributed by atoms with Crippen LogP contribution in [0.5, 0.6) is 0 Å². The zero-order valence-corrected chi connectivity index (χ0v) is 11.9. The number of carbonyl (C=O) groups is 1. The summed E-state index contributed by atoms with van der Waals surface area (Å²) >= 11 is 0. The lowest BCUT2D eigenvalue weighted by atomic mass is 9.77. The molecule has 1 aliphatic carbocycles. The number of hydrogen-bond donors (Lipinski definition) is 2. The third-order valence-corrected chi connectivity index (χ3v) is 4.15. The molecular formula is C14H25NO4. The molecule has 2 fully saturated rings. The van der Waals surface area contributed by atoms with Crippen molar-refractivity contribution in [3.8, 4) is 0 Å². The van der Waals surface area contributed by atoms with Crippen molar-refractivity contribution in [2.75, 3.05) is 19.8 Å². The third-order valence-electron chi connectivity index (χ3n) is 4.15. The van der Waals surface area contributed by atoms with Crippen LogP contribution in [0.1, 0.15) is 39.5 Å². The molecule has 1 aliphatic heterocycles. The van der Waals surface area contributed by atoms with Gasteiger partial charge in [-0.1, -0.05) is 0 Å². The van der Waals surface area contributed by atoms with Gasteiger partial charge in [0, 0.05) is 32.6 Å². The smallest absolute Gasteiger partial charge is 0.225 e. The number of aliphatic hydroxyl groups is 1. The van der Waals surface area contributed by atoms with Crippen molar-refractivity contribution in [3.63, 3.8) is 0 Å². The lowest BCUT2D eigenvalue weighted by molar-refractivity contribution is -0.146. The average Bonchev–Trinajstić information content (AvgIpc) is 2.35. The van der Waals surface area contributed by atoms with Crippen LogP contribution in [0.3, 0.4) is 0 Å². The van der Waals surface area contributed by atoms with Gasteiger partial charge in [0.1, 0.15) is 0 Å². The summed E-state index contributed by atoms with van der Waals surface area (Å²) in [6, 6.07) is 0. The summed E-state index contributed by atoms with van der Waals surface area (Å²) in [5.74, 6) is -0.0828. The number of ether oxygens (including phenoxy) is 2. The van der Waals surface area contributed by atoms with Gasteiger partial charge in [0.15, 0.2) is 0 Å². The molecular weight excluding hydrogens is 246 g/mol. The molecule has 2 atom stereocenters. The third kappa shape index (κ3) is 3.68. The second kappa shape index (κ2) is 6.20. The molecule has 0 bridgehead atoms. The summed E-state index contributed by atoms with van der Waals surface area (Å²) in [5.41, 5.74) is -0.783. The first-order valence-electron chi connectivity index (χ1n) is 7.27. The number of hydrogen-bond acceptors (Lipinski definition) is 4. The van der Waals surface area contributed by atoms with Crippen LogP contribution < -0.4 is 5.32 Å². The molecule has 1 saturated carbocycles. The number of nitrogens with one attached hydrogen (secondary N) is 1. The first kappa shape index (κ1) is 14.8. The van der Waals surface area contributed by atoms with Crippen LogP contribution >= 0.6 is 0 Å². The monoisotopic (exact) mass is 271 g/mol. The van der Waals surface area contributed by atoms with E-state index in [9.17, 15) is 9.90 Å². The highest BCUT2D eigenvalue weighted by Crippen LogP contribution is 2.34. The minimum Gasteiger partial charge on any atom is -0.388 e. The van der Waals surface area contributed by atoms with E-state index in [-0.39, 0.29) is 24.0 Å². The second-order valence-electron chi connectivity index (χ2n) is 5.75. The highest BCUT2D eigenvalue weighted by molar-refractivity contribution is 5.79. The largest absolute Gasteiger partial charge is 0.388 e. The first-order valence-corrected chi connectivity index (χ1v) is 7.27. The molecule has 1 saturated heterocycles. The highest BCUT2D eigenvalue weighted by atomic mass is 16.5. The predicted molar refractivity (Wildman–Crippen MR) is 70.7 cm³/mol. The molecule has 2 aliphatic rings. The van der Waals surface area contributed by atoms with Gasteiger partial charge in [0.05, 0.1) is 23.7 Å². The average molecular weight is 271 g/mol. The second-order valence-corrected chi connectivity index (χ2v) is 5.75. The minimum absolute atomic E-state index is 0.000449. The van der Waals surface area contributed by atoms with Crippen LogP contribution in [0, 0.1) is 5.92 Å². The van der Waals surface area contributed by atoms with E-state index in [1.807, 2.05) is 13.8 Å². The van der Waals surface area contributed by atoms with Gasteiger partial charge in [-0.05, 0) is 26.7 Å².